The fraction of sp³-hybridized carbons (Fsp3) is 0.250. The van der Waals surface area contributed by atoms with Crippen molar-refractivity contribution >= 4 is 49.4 Å². The fourth-order valence-corrected chi connectivity index (χ4v) is 4.86. The maximum atomic E-state index is 13.4. The summed E-state index contributed by atoms with van der Waals surface area (Å²) in [6.45, 7) is 6.00. The summed E-state index contributed by atoms with van der Waals surface area (Å²) >= 11 is 3.25. The van der Waals surface area contributed by atoms with Crippen molar-refractivity contribution in [3.63, 3.8) is 0 Å². The zero-order chi connectivity index (χ0) is 33.9. The van der Waals surface area contributed by atoms with Crippen LogP contribution in [0.4, 0.5) is 18.9 Å². The summed E-state index contributed by atoms with van der Waals surface area (Å²) in [7, 11) is -4.04. The van der Waals surface area contributed by atoms with Gasteiger partial charge in [-0.2, -0.15) is 13.2 Å². The topological polar surface area (TPSA) is 193 Å². The van der Waals surface area contributed by atoms with E-state index in [1.54, 1.807) is 54.6 Å². The molecule has 0 aliphatic carbocycles. The molecule has 0 bridgehead atoms. The van der Waals surface area contributed by atoms with Crippen LogP contribution in [-0.2, 0) is 19.6 Å². The first-order valence-electron chi connectivity index (χ1n) is 13.0. The second kappa shape index (κ2) is 16.1. The van der Waals surface area contributed by atoms with E-state index in [1.807, 2.05) is 20.8 Å². The predicted molar refractivity (Wildman–Crippen MR) is 163 cm³/mol. The molecule has 0 saturated carbocycles. The van der Waals surface area contributed by atoms with Crippen molar-refractivity contribution in [3.05, 3.63) is 82.3 Å². The Kier molecular flexibility index (Phi) is 13.2. The average Bonchev–Trinajstić information content (AvgIpc) is 2.95. The number of hydrogen-bond acceptors (Lipinski definition) is 8. The highest BCUT2D eigenvalue weighted by atomic mass is 79.9. The Bertz CT molecular complexity index is 1600. The van der Waals surface area contributed by atoms with Crippen molar-refractivity contribution in [1.29, 1.82) is 5.41 Å². The lowest BCUT2D eigenvalue weighted by molar-refractivity contribution is -0.192. The van der Waals surface area contributed by atoms with Crippen LogP contribution in [0.1, 0.15) is 37.9 Å². The third-order valence-corrected chi connectivity index (χ3v) is 7.13. The number of aliphatic carboxylic acids is 1. The Balaban J connectivity index is 0.000000900. The molecule has 1 atom stereocenters. The number of nitrogen functional groups attached to an aromatic ring is 1. The van der Waals surface area contributed by atoms with Crippen molar-refractivity contribution in [2.45, 2.75) is 44.0 Å². The number of rotatable bonds is 12. The van der Waals surface area contributed by atoms with E-state index >= 15 is 0 Å². The summed E-state index contributed by atoms with van der Waals surface area (Å²) in [6, 6.07) is 16.8. The lowest BCUT2D eigenvalue weighted by atomic mass is 10.0. The van der Waals surface area contributed by atoms with Gasteiger partial charge < -0.3 is 25.6 Å². The number of sulfonamides is 1. The van der Waals surface area contributed by atoms with Crippen LogP contribution in [0.3, 0.4) is 0 Å². The first kappa shape index (κ1) is 36.8. The van der Waals surface area contributed by atoms with Gasteiger partial charge in [0, 0.05) is 15.7 Å². The van der Waals surface area contributed by atoms with Crippen molar-refractivity contribution in [1.82, 2.24) is 10.3 Å². The molecule has 244 valence electrons. The second-order valence-corrected chi connectivity index (χ2v) is 11.8. The van der Waals surface area contributed by atoms with Gasteiger partial charge in [0.25, 0.3) is 15.9 Å². The van der Waals surface area contributed by atoms with Crippen molar-refractivity contribution in [2.75, 3.05) is 11.9 Å². The van der Waals surface area contributed by atoms with Crippen LogP contribution in [0.25, 0.3) is 0 Å². The third kappa shape index (κ3) is 11.6. The van der Waals surface area contributed by atoms with Gasteiger partial charge in [0.2, 0.25) is 0 Å². The molecule has 45 heavy (non-hydrogen) atoms. The number of carbonyl (C=O) groups is 2. The number of ether oxygens (including phenoxy) is 2. The summed E-state index contributed by atoms with van der Waals surface area (Å²) in [5.74, 6) is -2.55. The lowest BCUT2D eigenvalue weighted by Gasteiger charge is -2.22. The highest BCUT2D eigenvalue weighted by molar-refractivity contribution is 9.10. The molecule has 0 heterocycles. The number of amidine groups is 1. The number of carbonyl (C=O) groups excluding carboxylic acids is 1. The number of anilines is 1. The third-order valence-electron chi connectivity index (χ3n) is 5.39. The largest absolute Gasteiger partial charge is 0.490 e. The molecule has 17 heteroatoms. The zero-order valence-electron chi connectivity index (χ0n) is 24.1. The average molecular weight is 719 g/mol. The number of carboxylic acid groups (broad SMARTS) is 1. The molecule has 0 spiro atoms. The van der Waals surface area contributed by atoms with E-state index in [0.717, 1.165) is 0 Å². The van der Waals surface area contributed by atoms with Crippen LogP contribution in [-0.4, -0.2) is 50.1 Å². The number of nitrogens with two attached hydrogens (primary N) is 1. The normalized spacial score (nSPS) is 11.9. The quantitative estimate of drug-likeness (QED) is 0.0874. The Morgan fingerprint density at radius 3 is 2.18 bits per heavy atom. The highest BCUT2D eigenvalue weighted by Crippen LogP contribution is 2.33. The minimum absolute atomic E-state index is 0.0228. The van der Waals surface area contributed by atoms with E-state index in [1.165, 1.54) is 12.1 Å². The Morgan fingerprint density at radius 2 is 1.67 bits per heavy atom. The summed E-state index contributed by atoms with van der Waals surface area (Å²) in [5, 5.41) is 17.8. The van der Waals surface area contributed by atoms with Crippen LogP contribution in [0, 0.1) is 5.41 Å². The molecule has 1 unspecified atom stereocenters. The highest BCUT2D eigenvalue weighted by Gasteiger charge is 2.38. The predicted octanol–water partition coefficient (Wildman–Crippen LogP) is 4.72. The number of amides is 1. The van der Waals surface area contributed by atoms with Gasteiger partial charge in [-0.25, -0.2) is 13.2 Å². The van der Waals surface area contributed by atoms with E-state index in [2.05, 4.69) is 31.5 Å². The van der Waals surface area contributed by atoms with Crippen LogP contribution in [0.5, 0.6) is 11.5 Å². The van der Waals surface area contributed by atoms with Crippen LogP contribution in [0.2, 0.25) is 0 Å². The van der Waals surface area contributed by atoms with Gasteiger partial charge in [0.15, 0.2) is 11.5 Å². The maximum absolute atomic E-state index is 13.4. The molecule has 0 aromatic heterocycles. The maximum Gasteiger partial charge on any atom is 0.490 e. The standard InChI is InChI=1S/C26H30BrN5O5S.C2HF3O2/c1-4-36-23-14-18(10-13-22(23)37-16(2)3)24(30-20-11-8-17(9-12-20)25(28)29)26(33)31-32-38(34,35)21-7-5-6-19(27)15-21;3-2(4,5)1(6)7/h5-16,24,30,32H,4H2,1-3H3,(H3,28,29)(H,31,33);(H,6,7). The summed E-state index contributed by atoms with van der Waals surface area (Å²) in [4.78, 5) is 24.4. The Hall–Kier alpha value is -4.35. The van der Waals surface area contributed by atoms with E-state index in [4.69, 9.17) is 30.5 Å². The van der Waals surface area contributed by atoms with Crippen molar-refractivity contribution < 1.29 is 45.8 Å². The molecule has 0 aliphatic heterocycles. The summed E-state index contributed by atoms with van der Waals surface area (Å²) < 4.78 is 69.4. The molecule has 3 rings (SSSR count). The molecule has 12 nitrogen and oxygen atoms in total. The van der Waals surface area contributed by atoms with Gasteiger partial charge >= 0.3 is 12.1 Å². The Labute approximate surface area is 265 Å². The van der Waals surface area contributed by atoms with E-state index < -0.39 is 34.1 Å². The molecule has 0 saturated heterocycles. The summed E-state index contributed by atoms with van der Waals surface area (Å²) in [5.41, 5.74) is 9.41. The fourth-order valence-electron chi connectivity index (χ4n) is 3.42. The van der Waals surface area contributed by atoms with Crippen molar-refractivity contribution in [3.8, 4) is 11.5 Å². The molecule has 3 aromatic rings. The van der Waals surface area contributed by atoms with Gasteiger partial charge in [-0.3, -0.25) is 15.6 Å². The number of nitrogens with one attached hydrogen (secondary N) is 4. The summed E-state index contributed by atoms with van der Waals surface area (Å²) in [6.07, 6.45) is -5.18. The smallest absolute Gasteiger partial charge is 0.490 e. The second-order valence-electron chi connectivity index (χ2n) is 9.23. The first-order valence-corrected chi connectivity index (χ1v) is 15.2. The minimum Gasteiger partial charge on any atom is -0.490 e. The number of hydrogen-bond donors (Lipinski definition) is 6. The van der Waals surface area contributed by atoms with Crippen LogP contribution >= 0.6 is 15.9 Å². The molecule has 0 radical (unpaired) electrons. The van der Waals surface area contributed by atoms with Crippen molar-refractivity contribution in [2.24, 2.45) is 5.73 Å². The van der Waals surface area contributed by atoms with Gasteiger partial charge in [0.1, 0.15) is 11.9 Å². The lowest BCUT2D eigenvalue weighted by Crippen LogP contribution is -2.45. The zero-order valence-corrected chi connectivity index (χ0v) is 26.5. The van der Waals surface area contributed by atoms with Gasteiger partial charge in [-0.1, -0.05) is 28.1 Å². The molecule has 0 aliphatic rings. The minimum atomic E-state index is -5.08. The molecular weight excluding hydrogens is 687 g/mol. The van der Waals surface area contributed by atoms with Gasteiger partial charge in [-0.15, -0.1) is 4.83 Å². The number of halogens is 4. The molecule has 0 fully saturated rings. The van der Waals surface area contributed by atoms with E-state index in [0.29, 0.717) is 39.4 Å². The first-order chi connectivity index (χ1) is 20.9. The van der Waals surface area contributed by atoms with Gasteiger partial charge in [0.05, 0.1) is 17.6 Å². The number of alkyl halides is 3. The van der Waals surface area contributed by atoms with E-state index in [9.17, 15) is 26.4 Å². The molecule has 7 N–H and O–H groups in total. The number of hydrazine groups is 1. The van der Waals surface area contributed by atoms with Crippen LogP contribution < -0.4 is 30.8 Å². The number of benzene rings is 3. The molecule has 3 aromatic carbocycles. The van der Waals surface area contributed by atoms with Crippen LogP contribution in [0.15, 0.2) is 76.1 Å². The Morgan fingerprint density at radius 1 is 1.04 bits per heavy atom. The monoisotopic (exact) mass is 717 g/mol. The molecular formula is C28H31BrF3N5O7S. The number of carboxylic acids is 1. The van der Waals surface area contributed by atoms with E-state index in [-0.39, 0.29) is 16.8 Å². The van der Waals surface area contributed by atoms with Gasteiger partial charge in [-0.05, 0) is 80.9 Å². The SMILES string of the molecule is CCOc1cc(C(Nc2ccc(C(=N)N)cc2)C(=O)NNS(=O)(=O)c2cccc(Br)c2)ccc1OC(C)C.O=C(O)C(F)(F)F. The molecule has 1 amide bonds.